The van der Waals surface area contributed by atoms with Crippen LogP contribution in [0.4, 0.5) is 5.69 Å². The smallest absolute Gasteiger partial charge is 0.0402 e. The maximum atomic E-state index is 3.56. The molecule has 0 bridgehead atoms. The quantitative estimate of drug-likeness (QED) is 0.922. The van der Waals surface area contributed by atoms with Crippen LogP contribution < -0.4 is 10.2 Å². The van der Waals surface area contributed by atoms with E-state index in [0.717, 1.165) is 19.6 Å². The average Bonchev–Trinajstić information content (AvgIpc) is 2.56. The highest BCUT2D eigenvalue weighted by Crippen LogP contribution is 2.32. The highest BCUT2D eigenvalue weighted by atomic mass is 15.3. The molecule has 0 amide bonds. The van der Waals surface area contributed by atoms with Crippen LogP contribution in [-0.4, -0.2) is 50.2 Å². The van der Waals surface area contributed by atoms with Crippen molar-refractivity contribution < 1.29 is 0 Å². The molecule has 1 unspecified atom stereocenters. The number of para-hydroxylation sites is 1. The number of benzene rings is 1. The van der Waals surface area contributed by atoms with Crippen LogP contribution in [0.1, 0.15) is 38.2 Å². The molecule has 0 aliphatic carbocycles. The van der Waals surface area contributed by atoms with Gasteiger partial charge >= 0.3 is 0 Å². The molecule has 2 saturated heterocycles. The lowest BCUT2D eigenvalue weighted by molar-refractivity contribution is 0.209. The van der Waals surface area contributed by atoms with Crippen molar-refractivity contribution >= 4 is 5.69 Å². The van der Waals surface area contributed by atoms with Gasteiger partial charge in [0.15, 0.2) is 0 Å². The lowest BCUT2D eigenvalue weighted by atomic mass is 9.90. The highest BCUT2D eigenvalue weighted by molar-refractivity contribution is 5.55. The molecule has 0 spiro atoms. The highest BCUT2D eigenvalue weighted by Gasteiger charge is 2.24. The number of hydrogen-bond donors (Lipinski definition) is 1. The largest absolute Gasteiger partial charge is 0.369 e. The normalized spacial score (nSPS) is 24.5. The van der Waals surface area contributed by atoms with Crippen LogP contribution in [0.5, 0.6) is 0 Å². The van der Waals surface area contributed by atoms with Gasteiger partial charge < -0.3 is 10.2 Å². The fourth-order valence-electron chi connectivity index (χ4n) is 3.72. The monoisotopic (exact) mass is 287 g/mol. The fraction of sp³-hybridized carbons (Fsp3) is 0.667. The third kappa shape index (κ3) is 3.41. The van der Waals surface area contributed by atoms with Gasteiger partial charge in [-0.15, -0.1) is 0 Å². The van der Waals surface area contributed by atoms with Crippen molar-refractivity contribution in [2.45, 2.75) is 38.6 Å². The first-order chi connectivity index (χ1) is 10.3. The van der Waals surface area contributed by atoms with Gasteiger partial charge in [0.2, 0.25) is 0 Å². The molecule has 21 heavy (non-hydrogen) atoms. The molecule has 1 N–H and O–H groups in total. The average molecular weight is 287 g/mol. The summed E-state index contributed by atoms with van der Waals surface area (Å²) in [5.41, 5.74) is 3.04. The van der Waals surface area contributed by atoms with E-state index >= 15 is 0 Å². The minimum absolute atomic E-state index is 0.671. The zero-order chi connectivity index (χ0) is 14.7. The molecular weight excluding hydrogens is 258 g/mol. The van der Waals surface area contributed by atoms with Gasteiger partial charge in [-0.05, 0) is 50.8 Å². The van der Waals surface area contributed by atoms with Gasteiger partial charge in [0.25, 0.3) is 0 Å². The minimum atomic E-state index is 0.671. The van der Waals surface area contributed by atoms with Gasteiger partial charge in [-0.2, -0.15) is 0 Å². The summed E-state index contributed by atoms with van der Waals surface area (Å²) >= 11 is 0. The minimum Gasteiger partial charge on any atom is -0.369 e. The van der Waals surface area contributed by atoms with Crippen LogP contribution in [-0.2, 0) is 0 Å². The first-order valence-corrected chi connectivity index (χ1v) is 8.54. The molecule has 116 valence electrons. The van der Waals surface area contributed by atoms with Gasteiger partial charge in [0, 0.05) is 44.5 Å². The lowest BCUT2D eigenvalue weighted by Crippen LogP contribution is -2.49. The second kappa shape index (κ2) is 6.80. The standard InChI is InChI=1S/C18H29N3/c1-15(2)20-10-12-21(13-11-20)18-8-4-3-7-17(18)16-6-5-9-19-14-16/h3-4,7-8,15-16,19H,5-6,9-14H2,1-2H3. The lowest BCUT2D eigenvalue weighted by Gasteiger charge is -2.39. The molecule has 2 fully saturated rings. The van der Waals surface area contributed by atoms with Crippen molar-refractivity contribution in [1.82, 2.24) is 10.2 Å². The summed E-state index contributed by atoms with van der Waals surface area (Å²) < 4.78 is 0. The van der Waals surface area contributed by atoms with Crippen molar-refractivity contribution in [2.75, 3.05) is 44.2 Å². The summed E-state index contributed by atoms with van der Waals surface area (Å²) in [6, 6.07) is 9.75. The van der Waals surface area contributed by atoms with E-state index in [9.17, 15) is 0 Å². The summed E-state index contributed by atoms with van der Waals surface area (Å²) in [4.78, 5) is 5.18. The molecule has 3 nitrogen and oxygen atoms in total. The van der Waals surface area contributed by atoms with E-state index in [0.29, 0.717) is 12.0 Å². The van der Waals surface area contributed by atoms with Gasteiger partial charge in [-0.25, -0.2) is 0 Å². The molecule has 1 atom stereocenters. The third-order valence-corrected chi connectivity index (χ3v) is 5.06. The second-order valence-electron chi connectivity index (χ2n) is 6.72. The molecule has 1 aromatic carbocycles. The van der Waals surface area contributed by atoms with E-state index in [2.05, 4.69) is 53.2 Å². The molecule has 0 saturated carbocycles. The number of piperazine rings is 1. The number of nitrogens with one attached hydrogen (secondary N) is 1. The Bertz CT molecular complexity index is 444. The Labute approximate surface area is 129 Å². The summed E-state index contributed by atoms with van der Waals surface area (Å²) in [6.07, 6.45) is 2.64. The zero-order valence-electron chi connectivity index (χ0n) is 13.5. The molecule has 0 aromatic heterocycles. The second-order valence-corrected chi connectivity index (χ2v) is 6.72. The Morgan fingerprint density at radius 1 is 1.10 bits per heavy atom. The van der Waals surface area contributed by atoms with Crippen LogP contribution in [0, 0.1) is 0 Å². The summed E-state index contributed by atoms with van der Waals surface area (Å²) in [5, 5.41) is 3.56. The molecule has 2 heterocycles. The molecule has 0 radical (unpaired) electrons. The van der Waals surface area contributed by atoms with E-state index in [1.54, 1.807) is 5.56 Å². The van der Waals surface area contributed by atoms with Crippen molar-refractivity contribution in [2.24, 2.45) is 0 Å². The van der Waals surface area contributed by atoms with Crippen molar-refractivity contribution in [3.63, 3.8) is 0 Å². The Kier molecular flexibility index (Phi) is 4.81. The van der Waals surface area contributed by atoms with E-state index in [1.165, 1.54) is 38.2 Å². The SMILES string of the molecule is CC(C)N1CCN(c2ccccc2C2CCCNC2)CC1. The number of nitrogens with zero attached hydrogens (tertiary/aromatic N) is 2. The van der Waals surface area contributed by atoms with Gasteiger partial charge in [-0.1, -0.05) is 18.2 Å². The third-order valence-electron chi connectivity index (χ3n) is 5.06. The van der Waals surface area contributed by atoms with E-state index in [1.807, 2.05) is 0 Å². The Hall–Kier alpha value is -1.06. The fourth-order valence-corrected chi connectivity index (χ4v) is 3.72. The topological polar surface area (TPSA) is 18.5 Å². The Balaban J connectivity index is 1.73. The van der Waals surface area contributed by atoms with Crippen LogP contribution >= 0.6 is 0 Å². The molecule has 3 heteroatoms. The predicted octanol–water partition coefficient (Wildman–Crippen LogP) is 2.68. The van der Waals surface area contributed by atoms with Gasteiger partial charge in [0.05, 0.1) is 0 Å². The van der Waals surface area contributed by atoms with E-state index < -0.39 is 0 Å². The van der Waals surface area contributed by atoms with Crippen molar-refractivity contribution in [3.8, 4) is 0 Å². The molecule has 3 rings (SSSR count). The number of anilines is 1. The van der Waals surface area contributed by atoms with Gasteiger partial charge in [-0.3, -0.25) is 4.90 Å². The van der Waals surface area contributed by atoms with Crippen LogP contribution in [0.2, 0.25) is 0 Å². The van der Waals surface area contributed by atoms with Crippen LogP contribution in [0.3, 0.4) is 0 Å². The number of hydrogen-bond acceptors (Lipinski definition) is 3. The summed E-state index contributed by atoms with van der Waals surface area (Å²) in [5.74, 6) is 0.693. The molecular formula is C18H29N3. The Morgan fingerprint density at radius 3 is 2.52 bits per heavy atom. The molecule has 2 aliphatic rings. The first kappa shape index (κ1) is 14.9. The Morgan fingerprint density at radius 2 is 1.86 bits per heavy atom. The molecule has 1 aromatic rings. The predicted molar refractivity (Wildman–Crippen MR) is 90.2 cm³/mol. The maximum Gasteiger partial charge on any atom is 0.0402 e. The summed E-state index contributed by atoms with van der Waals surface area (Å²) in [7, 11) is 0. The first-order valence-electron chi connectivity index (χ1n) is 8.54. The van der Waals surface area contributed by atoms with Crippen LogP contribution in [0.15, 0.2) is 24.3 Å². The number of piperidine rings is 1. The number of rotatable bonds is 3. The molecule has 2 aliphatic heterocycles. The van der Waals surface area contributed by atoms with Crippen LogP contribution in [0.25, 0.3) is 0 Å². The maximum absolute atomic E-state index is 3.56. The zero-order valence-corrected chi connectivity index (χ0v) is 13.5. The van der Waals surface area contributed by atoms with E-state index in [4.69, 9.17) is 0 Å². The summed E-state index contributed by atoms with van der Waals surface area (Å²) in [6.45, 7) is 11.6. The van der Waals surface area contributed by atoms with Crippen molar-refractivity contribution in [1.29, 1.82) is 0 Å². The van der Waals surface area contributed by atoms with Crippen molar-refractivity contribution in [3.05, 3.63) is 29.8 Å². The van der Waals surface area contributed by atoms with E-state index in [-0.39, 0.29) is 0 Å². The van der Waals surface area contributed by atoms with Gasteiger partial charge in [0.1, 0.15) is 0 Å².